The Morgan fingerprint density at radius 1 is 1.19 bits per heavy atom. The maximum Gasteiger partial charge on any atom is 0.161 e. The summed E-state index contributed by atoms with van der Waals surface area (Å²) in [6, 6.07) is 11.4. The van der Waals surface area contributed by atoms with Crippen LogP contribution in [-0.2, 0) is 16.8 Å². The van der Waals surface area contributed by atoms with E-state index in [4.69, 9.17) is 4.42 Å². The fraction of sp³-hybridized carbons (Fsp3) is 0.158. The van der Waals surface area contributed by atoms with Gasteiger partial charge in [0.1, 0.15) is 11.3 Å². The fourth-order valence-corrected chi connectivity index (χ4v) is 3.75. The zero-order valence-corrected chi connectivity index (χ0v) is 15.5. The van der Waals surface area contributed by atoms with Crippen LogP contribution in [0.4, 0.5) is 0 Å². The zero-order valence-electron chi connectivity index (χ0n) is 14.7. The van der Waals surface area contributed by atoms with E-state index in [0.29, 0.717) is 16.2 Å². The van der Waals surface area contributed by atoms with Crippen molar-refractivity contribution in [3.8, 4) is 22.5 Å². The first kappa shape index (κ1) is 16.5. The molecule has 4 rings (SSSR count). The Bertz CT molecular complexity index is 1230. The minimum absolute atomic E-state index is 0.694. The van der Waals surface area contributed by atoms with E-state index in [2.05, 4.69) is 14.4 Å². The molecule has 0 aliphatic heterocycles. The van der Waals surface area contributed by atoms with E-state index in [9.17, 15) is 4.21 Å². The number of aryl methyl sites for hydroxylation is 1. The van der Waals surface area contributed by atoms with Crippen LogP contribution in [0, 0.1) is 0 Å². The van der Waals surface area contributed by atoms with Gasteiger partial charge in [-0.2, -0.15) is 5.10 Å². The fourth-order valence-electron chi connectivity index (χ4n) is 2.86. The molecule has 1 unspecified atom stereocenters. The standard InChI is InChI=1S/C19H18N4O2S/c1-20-26(3,24)15-6-4-5-13(9-15)16-7-8-21-17-10-18(25-19(16)17)14-11-22-23(2)12-14/h4-12H,1-3H3. The van der Waals surface area contributed by atoms with Crippen molar-refractivity contribution < 1.29 is 8.63 Å². The summed E-state index contributed by atoms with van der Waals surface area (Å²) in [6.45, 7) is 0. The van der Waals surface area contributed by atoms with Gasteiger partial charge in [-0.3, -0.25) is 9.67 Å². The van der Waals surface area contributed by atoms with Gasteiger partial charge >= 0.3 is 0 Å². The average molecular weight is 366 g/mol. The first-order valence-electron chi connectivity index (χ1n) is 8.06. The van der Waals surface area contributed by atoms with Crippen LogP contribution < -0.4 is 0 Å². The minimum Gasteiger partial charge on any atom is -0.454 e. The molecule has 7 heteroatoms. The van der Waals surface area contributed by atoms with Gasteiger partial charge in [0.25, 0.3) is 0 Å². The Morgan fingerprint density at radius 3 is 2.77 bits per heavy atom. The van der Waals surface area contributed by atoms with Crippen LogP contribution in [0.2, 0.25) is 0 Å². The van der Waals surface area contributed by atoms with E-state index >= 15 is 0 Å². The molecule has 0 aliphatic carbocycles. The molecule has 1 aromatic carbocycles. The van der Waals surface area contributed by atoms with Crippen molar-refractivity contribution in [3.05, 3.63) is 55.0 Å². The van der Waals surface area contributed by atoms with Gasteiger partial charge in [-0.25, -0.2) is 8.57 Å². The lowest BCUT2D eigenvalue weighted by molar-refractivity contribution is 0.632. The molecular weight excluding hydrogens is 348 g/mol. The summed E-state index contributed by atoms with van der Waals surface area (Å²) in [6.07, 6.45) is 7.04. The first-order chi connectivity index (χ1) is 12.5. The first-order valence-corrected chi connectivity index (χ1v) is 9.98. The summed E-state index contributed by atoms with van der Waals surface area (Å²) < 4.78 is 24.4. The van der Waals surface area contributed by atoms with Gasteiger partial charge in [-0.15, -0.1) is 0 Å². The third-order valence-electron chi connectivity index (χ3n) is 4.33. The molecule has 0 amide bonds. The molecule has 1 atom stereocenters. The number of fused-ring (bicyclic) bond motifs is 1. The molecule has 0 N–H and O–H groups in total. The summed E-state index contributed by atoms with van der Waals surface area (Å²) in [4.78, 5) is 5.11. The minimum atomic E-state index is -2.40. The largest absolute Gasteiger partial charge is 0.454 e. The van der Waals surface area contributed by atoms with Crippen molar-refractivity contribution in [1.29, 1.82) is 0 Å². The van der Waals surface area contributed by atoms with Crippen molar-refractivity contribution >= 4 is 20.8 Å². The van der Waals surface area contributed by atoms with Crippen molar-refractivity contribution in [2.75, 3.05) is 13.3 Å². The third kappa shape index (κ3) is 2.80. The Balaban J connectivity index is 1.89. The lowest BCUT2D eigenvalue weighted by atomic mass is 10.1. The quantitative estimate of drug-likeness (QED) is 0.550. The molecular formula is C19H18N4O2S. The molecule has 0 aliphatic rings. The molecule has 0 saturated heterocycles. The number of aromatic nitrogens is 3. The van der Waals surface area contributed by atoms with Crippen molar-refractivity contribution in [1.82, 2.24) is 14.8 Å². The predicted molar refractivity (Wildman–Crippen MR) is 102 cm³/mol. The molecule has 0 spiro atoms. The highest BCUT2D eigenvalue weighted by atomic mass is 32.2. The summed E-state index contributed by atoms with van der Waals surface area (Å²) in [5.41, 5.74) is 4.17. The lowest BCUT2D eigenvalue weighted by Crippen LogP contribution is -1.97. The second kappa shape index (κ2) is 6.10. The van der Waals surface area contributed by atoms with E-state index in [-0.39, 0.29) is 0 Å². The highest BCUT2D eigenvalue weighted by molar-refractivity contribution is 7.93. The number of pyridine rings is 1. The Labute approximate surface area is 151 Å². The molecule has 4 aromatic rings. The average Bonchev–Trinajstić information content (AvgIpc) is 3.27. The maximum absolute atomic E-state index is 12.6. The van der Waals surface area contributed by atoms with Gasteiger partial charge in [0, 0.05) is 49.3 Å². The van der Waals surface area contributed by atoms with E-state index < -0.39 is 9.73 Å². The molecule has 26 heavy (non-hydrogen) atoms. The molecule has 132 valence electrons. The van der Waals surface area contributed by atoms with Crippen LogP contribution in [-0.4, -0.2) is 32.3 Å². The number of hydrogen-bond acceptors (Lipinski definition) is 5. The molecule has 0 bridgehead atoms. The molecule has 0 radical (unpaired) electrons. The monoisotopic (exact) mass is 366 g/mol. The van der Waals surface area contributed by atoms with E-state index in [1.54, 1.807) is 30.4 Å². The highest BCUT2D eigenvalue weighted by Gasteiger charge is 2.14. The number of furan rings is 1. The topological polar surface area (TPSA) is 73.3 Å². The van der Waals surface area contributed by atoms with Gasteiger partial charge < -0.3 is 4.42 Å². The Kier molecular flexibility index (Phi) is 3.88. The van der Waals surface area contributed by atoms with Crippen LogP contribution in [0.15, 0.2) is 68.7 Å². The van der Waals surface area contributed by atoms with Crippen LogP contribution in [0.5, 0.6) is 0 Å². The molecule has 3 heterocycles. The van der Waals surface area contributed by atoms with Crippen LogP contribution in [0.1, 0.15) is 0 Å². The number of hydrogen-bond donors (Lipinski definition) is 0. The highest BCUT2D eigenvalue weighted by Crippen LogP contribution is 2.34. The normalized spacial score (nSPS) is 13.7. The second-order valence-corrected chi connectivity index (χ2v) is 8.54. The summed E-state index contributed by atoms with van der Waals surface area (Å²) in [5.74, 6) is 0.715. The van der Waals surface area contributed by atoms with Crippen LogP contribution in [0.25, 0.3) is 33.6 Å². The SMILES string of the molecule is CN=S(C)(=O)c1cccc(-c2ccnc3cc(-c4cnn(C)c4)oc23)c1. The number of nitrogens with zero attached hydrogens (tertiary/aromatic N) is 4. The smallest absolute Gasteiger partial charge is 0.161 e. The van der Waals surface area contributed by atoms with Crippen molar-refractivity contribution in [2.45, 2.75) is 4.90 Å². The predicted octanol–water partition coefficient (Wildman–Crippen LogP) is 3.98. The van der Waals surface area contributed by atoms with Gasteiger partial charge in [0.05, 0.1) is 21.5 Å². The van der Waals surface area contributed by atoms with Crippen LogP contribution >= 0.6 is 0 Å². The second-order valence-electron chi connectivity index (χ2n) is 6.10. The Morgan fingerprint density at radius 2 is 2.04 bits per heavy atom. The number of benzene rings is 1. The van der Waals surface area contributed by atoms with Gasteiger partial charge in [0.2, 0.25) is 0 Å². The Hall–Kier alpha value is -2.93. The lowest BCUT2D eigenvalue weighted by Gasteiger charge is -2.07. The molecule has 0 saturated carbocycles. The van der Waals surface area contributed by atoms with E-state index in [0.717, 1.165) is 22.2 Å². The molecule has 3 aromatic heterocycles. The number of rotatable bonds is 3. The zero-order chi connectivity index (χ0) is 18.3. The van der Waals surface area contributed by atoms with E-state index in [1.807, 2.05) is 49.6 Å². The van der Waals surface area contributed by atoms with Gasteiger partial charge in [-0.1, -0.05) is 12.1 Å². The van der Waals surface area contributed by atoms with Gasteiger partial charge in [0.15, 0.2) is 5.58 Å². The summed E-state index contributed by atoms with van der Waals surface area (Å²) in [7, 11) is 1.04. The molecule has 6 nitrogen and oxygen atoms in total. The molecule has 0 fully saturated rings. The van der Waals surface area contributed by atoms with Gasteiger partial charge in [-0.05, 0) is 23.8 Å². The van der Waals surface area contributed by atoms with Crippen molar-refractivity contribution in [2.24, 2.45) is 11.4 Å². The third-order valence-corrected chi connectivity index (χ3v) is 6.16. The summed E-state index contributed by atoms with van der Waals surface area (Å²) in [5, 5.41) is 4.19. The summed E-state index contributed by atoms with van der Waals surface area (Å²) >= 11 is 0. The van der Waals surface area contributed by atoms with Crippen LogP contribution in [0.3, 0.4) is 0 Å². The van der Waals surface area contributed by atoms with Crippen molar-refractivity contribution in [3.63, 3.8) is 0 Å². The van der Waals surface area contributed by atoms with E-state index in [1.165, 1.54) is 0 Å². The maximum atomic E-state index is 12.6.